The zero-order valence-corrected chi connectivity index (χ0v) is 14.6. The number of fused-ring (bicyclic) bond motifs is 1. The van der Waals surface area contributed by atoms with E-state index in [2.05, 4.69) is 33.8 Å². The van der Waals surface area contributed by atoms with Gasteiger partial charge in [-0.2, -0.15) is 11.8 Å². The molecule has 5 nitrogen and oxygen atoms in total. The lowest BCUT2D eigenvalue weighted by atomic mass is 10.3. The van der Waals surface area contributed by atoms with Crippen molar-refractivity contribution in [2.45, 2.75) is 35.8 Å². The molecule has 0 fully saturated rings. The average Bonchev–Trinajstić information content (AvgIpc) is 2.93. The Kier molecular flexibility index (Phi) is 5.07. The molecule has 0 aliphatic heterocycles. The third kappa shape index (κ3) is 4.39. The molecular formula is C16H18N4OS2. The number of H-pyrrole nitrogens is 2. The lowest BCUT2D eigenvalue weighted by Gasteiger charge is -2.05. The molecule has 120 valence electrons. The van der Waals surface area contributed by atoms with Crippen molar-refractivity contribution in [1.29, 1.82) is 0 Å². The Labute approximate surface area is 142 Å². The molecule has 0 aliphatic rings. The molecule has 2 heterocycles. The smallest absolute Gasteiger partial charge is 0.251 e. The maximum absolute atomic E-state index is 11.8. The van der Waals surface area contributed by atoms with Crippen LogP contribution in [0, 0.1) is 0 Å². The highest BCUT2D eigenvalue weighted by atomic mass is 32.2. The molecule has 3 aromatic rings. The van der Waals surface area contributed by atoms with Gasteiger partial charge in [-0.15, -0.1) is 0 Å². The molecule has 0 spiro atoms. The summed E-state index contributed by atoms with van der Waals surface area (Å²) < 4.78 is 0. The monoisotopic (exact) mass is 346 g/mol. The normalized spacial score (nSPS) is 11.4. The summed E-state index contributed by atoms with van der Waals surface area (Å²) in [6, 6.07) is 9.49. The van der Waals surface area contributed by atoms with E-state index in [1.165, 1.54) is 11.8 Å². The van der Waals surface area contributed by atoms with Gasteiger partial charge in [0.25, 0.3) is 5.56 Å². The van der Waals surface area contributed by atoms with Gasteiger partial charge in [0.2, 0.25) is 0 Å². The predicted molar refractivity (Wildman–Crippen MR) is 96.9 cm³/mol. The van der Waals surface area contributed by atoms with E-state index in [0.717, 1.165) is 28.3 Å². The van der Waals surface area contributed by atoms with E-state index < -0.39 is 0 Å². The van der Waals surface area contributed by atoms with Crippen LogP contribution >= 0.6 is 23.5 Å². The zero-order chi connectivity index (χ0) is 16.2. The molecule has 0 bridgehead atoms. The predicted octanol–water partition coefficient (Wildman–Crippen LogP) is 3.58. The van der Waals surface area contributed by atoms with Crippen molar-refractivity contribution in [1.82, 2.24) is 19.9 Å². The van der Waals surface area contributed by atoms with Crippen molar-refractivity contribution in [3.8, 4) is 0 Å². The lowest BCUT2D eigenvalue weighted by molar-refractivity contribution is 0.896. The lowest BCUT2D eigenvalue weighted by Crippen LogP contribution is -2.10. The topological polar surface area (TPSA) is 74.4 Å². The van der Waals surface area contributed by atoms with Gasteiger partial charge in [0, 0.05) is 11.8 Å². The minimum absolute atomic E-state index is 0.105. The number of hydrogen-bond donors (Lipinski definition) is 2. The number of aromatic amines is 2. The van der Waals surface area contributed by atoms with E-state index in [1.807, 2.05) is 24.3 Å². The molecule has 1 aromatic carbocycles. The summed E-state index contributed by atoms with van der Waals surface area (Å²) in [7, 11) is 0. The number of benzene rings is 1. The van der Waals surface area contributed by atoms with Gasteiger partial charge in [0.05, 0.1) is 22.5 Å². The van der Waals surface area contributed by atoms with Crippen molar-refractivity contribution >= 4 is 34.6 Å². The van der Waals surface area contributed by atoms with E-state index in [1.54, 1.807) is 17.8 Å². The molecule has 0 radical (unpaired) electrons. The third-order valence-corrected chi connectivity index (χ3v) is 5.14. The van der Waals surface area contributed by atoms with Gasteiger partial charge in [-0.1, -0.05) is 37.7 Å². The quantitative estimate of drug-likeness (QED) is 0.527. The summed E-state index contributed by atoms with van der Waals surface area (Å²) in [4.78, 5) is 26.9. The van der Waals surface area contributed by atoms with Gasteiger partial charge in [-0.25, -0.2) is 9.97 Å². The van der Waals surface area contributed by atoms with Crippen LogP contribution in [0.4, 0.5) is 0 Å². The number of hydrogen-bond acceptors (Lipinski definition) is 5. The summed E-state index contributed by atoms with van der Waals surface area (Å²) in [6.45, 7) is 4.27. The number of imidazole rings is 1. The molecule has 2 N–H and O–H groups in total. The second kappa shape index (κ2) is 7.23. The van der Waals surface area contributed by atoms with Gasteiger partial charge < -0.3 is 9.97 Å². The van der Waals surface area contributed by atoms with Crippen LogP contribution in [0.1, 0.15) is 25.4 Å². The summed E-state index contributed by atoms with van der Waals surface area (Å²) in [5, 5.41) is 1.15. The highest BCUT2D eigenvalue weighted by molar-refractivity contribution is 7.99. The van der Waals surface area contributed by atoms with E-state index in [4.69, 9.17) is 0 Å². The van der Waals surface area contributed by atoms with Crippen LogP contribution < -0.4 is 5.56 Å². The molecule has 2 aromatic heterocycles. The van der Waals surface area contributed by atoms with E-state index in [9.17, 15) is 4.79 Å². The Morgan fingerprint density at radius 2 is 1.96 bits per heavy atom. The second-order valence-electron chi connectivity index (χ2n) is 5.39. The van der Waals surface area contributed by atoms with Gasteiger partial charge in [-0.3, -0.25) is 4.79 Å². The molecule has 0 amide bonds. The molecule has 0 saturated heterocycles. The number of nitrogens with zero attached hydrogens (tertiary/aromatic N) is 2. The van der Waals surface area contributed by atoms with Crippen molar-refractivity contribution in [3.05, 3.63) is 52.2 Å². The van der Waals surface area contributed by atoms with Crippen molar-refractivity contribution in [2.75, 3.05) is 0 Å². The van der Waals surface area contributed by atoms with Crippen molar-refractivity contribution in [3.63, 3.8) is 0 Å². The molecule has 3 rings (SSSR count). The Hall–Kier alpha value is -1.73. The maximum Gasteiger partial charge on any atom is 0.251 e. The maximum atomic E-state index is 11.8. The Morgan fingerprint density at radius 3 is 2.74 bits per heavy atom. The van der Waals surface area contributed by atoms with Crippen LogP contribution in [-0.2, 0) is 11.5 Å². The summed E-state index contributed by atoms with van der Waals surface area (Å²) in [5.41, 5.74) is 2.68. The van der Waals surface area contributed by atoms with Crippen LogP contribution in [0.15, 0.2) is 40.3 Å². The van der Waals surface area contributed by atoms with Gasteiger partial charge in [0.1, 0.15) is 5.82 Å². The zero-order valence-electron chi connectivity index (χ0n) is 13.0. The van der Waals surface area contributed by atoms with Crippen LogP contribution in [0.3, 0.4) is 0 Å². The van der Waals surface area contributed by atoms with Crippen LogP contribution in [-0.4, -0.2) is 25.2 Å². The molecule has 0 aliphatic carbocycles. The van der Waals surface area contributed by atoms with Gasteiger partial charge in [-0.05, 0) is 17.4 Å². The molecule has 7 heteroatoms. The fourth-order valence-corrected chi connectivity index (χ4v) is 3.51. The molecule has 0 saturated carbocycles. The van der Waals surface area contributed by atoms with Gasteiger partial charge in [0.15, 0.2) is 5.16 Å². The first-order valence-corrected chi connectivity index (χ1v) is 9.42. The first kappa shape index (κ1) is 16.1. The van der Waals surface area contributed by atoms with Crippen LogP contribution in [0.5, 0.6) is 0 Å². The first-order valence-electron chi connectivity index (χ1n) is 7.38. The van der Waals surface area contributed by atoms with Gasteiger partial charge >= 0.3 is 0 Å². The molecular weight excluding hydrogens is 328 g/mol. The number of rotatable bonds is 6. The van der Waals surface area contributed by atoms with Crippen LogP contribution in [0.2, 0.25) is 0 Å². The summed E-state index contributed by atoms with van der Waals surface area (Å²) in [5.74, 6) is 2.26. The fourth-order valence-electron chi connectivity index (χ4n) is 2.09. The minimum atomic E-state index is -0.105. The van der Waals surface area contributed by atoms with Crippen molar-refractivity contribution in [2.24, 2.45) is 0 Å². The minimum Gasteiger partial charge on any atom is -0.341 e. The molecule has 0 atom stereocenters. The first-order chi connectivity index (χ1) is 11.1. The number of nitrogens with one attached hydrogen (secondary N) is 2. The SMILES string of the molecule is CC(C)SCc1cc(=O)[nH]c(SCc2nc3ccccc3[nH]2)n1. The number of aromatic nitrogens is 4. The number of para-hydroxylation sites is 2. The summed E-state index contributed by atoms with van der Waals surface area (Å²) in [6.07, 6.45) is 0. The average molecular weight is 346 g/mol. The molecule has 0 unspecified atom stereocenters. The van der Waals surface area contributed by atoms with E-state index in [0.29, 0.717) is 16.2 Å². The molecule has 23 heavy (non-hydrogen) atoms. The van der Waals surface area contributed by atoms with E-state index in [-0.39, 0.29) is 5.56 Å². The fraction of sp³-hybridized carbons (Fsp3) is 0.312. The number of thioether (sulfide) groups is 2. The summed E-state index contributed by atoms with van der Waals surface area (Å²) >= 11 is 3.26. The van der Waals surface area contributed by atoms with Crippen LogP contribution in [0.25, 0.3) is 11.0 Å². The highest BCUT2D eigenvalue weighted by Crippen LogP contribution is 2.21. The Morgan fingerprint density at radius 1 is 1.13 bits per heavy atom. The standard InChI is InChI=1S/C16H18N4OS2/c1-10(2)22-8-11-7-15(21)20-16(17-11)23-9-14-18-12-5-3-4-6-13(12)19-14/h3-7,10H,8-9H2,1-2H3,(H,18,19)(H,17,20,21). The Balaban J connectivity index is 1.70. The second-order valence-corrected chi connectivity index (χ2v) is 7.92. The highest BCUT2D eigenvalue weighted by Gasteiger charge is 2.07. The van der Waals surface area contributed by atoms with Crippen molar-refractivity contribution < 1.29 is 0 Å². The Bertz CT molecular complexity index is 823. The third-order valence-electron chi connectivity index (χ3n) is 3.12. The van der Waals surface area contributed by atoms with E-state index >= 15 is 0 Å². The largest absolute Gasteiger partial charge is 0.341 e.